The molecule has 0 aliphatic heterocycles. The van der Waals surface area contributed by atoms with Crippen molar-refractivity contribution in [3.8, 4) is 0 Å². The van der Waals surface area contributed by atoms with Gasteiger partial charge in [0.25, 0.3) is 0 Å². The Morgan fingerprint density at radius 2 is 2.15 bits per heavy atom. The maximum Gasteiger partial charge on any atom is 0.243 e. The molecule has 1 aromatic heterocycles. The van der Waals surface area contributed by atoms with Crippen LogP contribution in [0.2, 0.25) is 0 Å². The van der Waals surface area contributed by atoms with Gasteiger partial charge in [-0.15, -0.1) is 11.3 Å². The van der Waals surface area contributed by atoms with Gasteiger partial charge in [0.1, 0.15) is 6.61 Å². The molecule has 114 valence electrons. The molecular weight excluding hydrogens is 274 g/mol. The normalized spacial score (nSPS) is 13.4. The van der Waals surface area contributed by atoms with Crippen molar-refractivity contribution >= 4 is 17.2 Å². The van der Waals surface area contributed by atoms with Crippen LogP contribution in [-0.4, -0.2) is 30.6 Å². The molecule has 0 saturated carbocycles. The summed E-state index contributed by atoms with van der Waals surface area (Å²) in [6.45, 7) is 11.8. The van der Waals surface area contributed by atoms with Gasteiger partial charge in [-0.25, -0.2) is 4.98 Å². The summed E-state index contributed by atoms with van der Waals surface area (Å²) in [4.78, 5) is 16.4. The molecule has 0 aliphatic rings. The van der Waals surface area contributed by atoms with Crippen molar-refractivity contribution in [1.29, 1.82) is 0 Å². The zero-order valence-electron chi connectivity index (χ0n) is 12.9. The lowest BCUT2D eigenvalue weighted by molar-refractivity contribution is -0.122. The van der Waals surface area contributed by atoms with Crippen molar-refractivity contribution in [3.63, 3.8) is 0 Å². The van der Waals surface area contributed by atoms with Crippen LogP contribution < -0.4 is 11.1 Å². The molecule has 1 heterocycles. The number of nitrogens with one attached hydrogen (secondary N) is 1. The van der Waals surface area contributed by atoms with Crippen molar-refractivity contribution in [3.05, 3.63) is 15.6 Å². The first-order valence-corrected chi connectivity index (χ1v) is 7.60. The first kappa shape index (κ1) is 17.1. The third-order valence-corrected chi connectivity index (χ3v) is 4.57. The van der Waals surface area contributed by atoms with Crippen LogP contribution in [0.15, 0.2) is 0 Å². The number of hydrogen-bond acceptors (Lipinski definition) is 5. The highest BCUT2D eigenvalue weighted by Crippen LogP contribution is 2.32. The highest BCUT2D eigenvalue weighted by molar-refractivity contribution is 7.12. The van der Waals surface area contributed by atoms with Crippen molar-refractivity contribution in [2.24, 2.45) is 5.73 Å². The van der Waals surface area contributed by atoms with Crippen molar-refractivity contribution < 1.29 is 9.53 Å². The van der Waals surface area contributed by atoms with Crippen molar-refractivity contribution in [1.82, 2.24) is 10.3 Å². The molecule has 0 bridgehead atoms. The standard InChI is InChI=1S/C14H25N3O2S/c1-9(16-6-7-19-8-11(15)18)12-10(2)17-13(20-12)14(3,4)5/h9,16H,6-8H2,1-5H3,(H2,15,18). The van der Waals surface area contributed by atoms with E-state index >= 15 is 0 Å². The predicted octanol–water partition coefficient (Wildman–Crippen LogP) is 1.90. The van der Waals surface area contributed by atoms with Crippen LogP contribution in [-0.2, 0) is 14.9 Å². The smallest absolute Gasteiger partial charge is 0.243 e. The van der Waals surface area contributed by atoms with Crippen LogP contribution in [0.5, 0.6) is 0 Å². The minimum absolute atomic E-state index is 0.0240. The Balaban J connectivity index is 2.49. The third-order valence-electron chi connectivity index (χ3n) is 2.81. The van der Waals surface area contributed by atoms with E-state index in [1.54, 1.807) is 11.3 Å². The lowest BCUT2D eigenvalue weighted by Gasteiger charge is -2.14. The van der Waals surface area contributed by atoms with Crippen molar-refractivity contribution in [2.45, 2.75) is 46.1 Å². The molecule has 1 unspecified atom stereocenters. The van der Waals surface area contributed by atoms with E-state index in [1.807, 2.05) is 6.92 Å². The fraction of sp³-hybridized carbons (Fsp3) is 0.714. The van der Waals surface area contributed by atoms with Gasteiger partial charge in [0.05, 0.1) is 17.3 Å². The Labute approximate surface area is 124 Å². The Morgan fingerprint density at radius 1 is 1.50 bits per heavy atom. The molecule has 6 heteroatoms. The lowest BCUT2D eigenvalue weighted by atomic mass is 9.98. The van der Waals surface area contributed by atoms with Crippen LogP contribution in [0.4, 0.5) is 0 Å². The van der Waals surface area contributed by atoms with Gasteiger partial charge in [0.2, 0.25) is 5.91 Å². The molecule has 0 radical (unpaired) electrons. The summed E-state index contributed by atoms with van der Waals surface area (Å²) in [5.74, 6) is -0.439. The molecule has 1 amide bonds. The van der Waals surface area contributed by atoms with Gasteiger partial charge in [-0.2, -0.15) is 0 Å². The van der Waals surface area contributed by atoms with Gasteiger partial charge in [-0.3, -0.25) is 4.79 Å². The molecule has 3 N–H and O–H groups in total. The van der Waals surface area contributed by atoms with E-state index in [-0.39, 0.29) is 18.1 Å². The largest absolute Gasteiger partial charge is 0.370 e. The fourth-order valence-electron chi connectivity index (χ4n) is 1.74. The molecule has 20 heavy (non-hydrogen) atoms. The molecule has 1 atom stereocenters. The number of primary amides is 1. The molecule has 0 fully saturated rings. The maximum atomic E-state index is 10.5. The molecule has 5 nitrogen and oxygen atoms in total. The topological polar surface area (TPSA) is 77.2 Å². The van der Waals surface area contributed by atoms with Crippen LogP contribution in [0.25, 0.3) is 0 Å². The maximum absolute atomic E-state index is 10.5. The van der Waals surface area contributed by atoms with E-state index in [9.17, 15) is 4.79 Å². The fourth-order valence-corrected chi connectivity index (χ4v) is 2.89. The quantitative estimate of drug-likeness (QED) is 0.754. The molecule has 1 rings (SSSR count). The molecule has 0 aliphatic carbocycles. The number of amides is 1. The number of nitrogens with zero attached hydrogens (tertiary/aromatic N) is 1. The summed E-state index contributed by atoms with van der Waals surface area (Å²) in [6, 6.07) is 0.223. The predicted molar refractivity (Wildman–Crippen MR) is 82.0 cm³/mol. The Morgan fingerprint density at radius 3 is 2.65 bits per heavy atom. The Bertz CT molecular complexity index is 452. The van der Waals surface area contributed by atoms with Crippen LogP contribution >= 0.6 is 11.3 Å². The first-order valence-electron chi connectivity index (χ1n) is 6.79. The first-order chi connectivity index (χ1) is 9.21. The average Bonchev–Trinajstić information content (AvgIpc) is 2.70. The number of hydrogen-bond donors (Lipinski definition) is 2. The van der Waals surface area contributed by atoms with Crippen LogP contribution in [0.3, 0.4) is 0 Å². The van der Waals surface area contributed by atoms with Crippen LogP contribution in [0, 0.1) is 6.92 Å². The summed E-state index contributed by atoms with van der Waals surface area (Å²) in [5, 5.41) is 4.53. The molecule has 0 saturated heterocycles. The number of ether oxygens (including phenoxy) is 1. The van der Waals surface area contributed by atoms with E-state index in [1.165, 1.54) is 4.88 Å². The minimum atomic E-state index is -0.439. The summed E-state index contributed by atoms with van der Waals surface area (Å²) >= 11 is 1.75. The monoisotopic (exact) mass is 299 g/mol. The molecule has 1 aromatic rings. The summed E-state index contributed by atoms with van der Waals surface area (Å²) < 4.78 is 5.12. The van der Waals surface area contributed by atoms with Gasteiger partial charge in [0.15, 0.2) is 0 Å². The van der Waals surface area contributed by atoms with Gasteiger partial charge >= 0.3 is 0 Å². The number of carbonyl (C=O) groups is 1. The van der Waals surface area contributed by atoms with Gasteiger partial charge in [-0.1, -0.05) is 20.8 Å². The van der Waals surface area contributed by atoms with E-state index in [0.29, 0.717) is 13.2 Å². The Kier molecular flexibility index (Phi) is 6.10. The highest BCUT2D eigenvalue weighted by Gasteiger charge is 2.22. The molecule has 0 aromatic carbocycles. The number of aromatic nitrogens is 1. The van der Waals surface area contributed by atoms with Gasteiger partial charge in [0, 0.05) is 22.9 Å². The summed E-state index contributed by atoms with van der Waals surface area (Å²) in [7, 11) is 0. The van der Waals surface area contributed by atoms with Crippen molar-refractivity contribution in [2.75, 3.05) is 19.8 Å². The Hall–Kier alpha value is -0.980. The number of aryl methyl sites for hydroxylation is 1. The second kappa shape index (κ2) is 7.15. The van der Waals surface area contributed by atoms with E-state index in [4.69, 9.17) is 10.5 Å². The van der Waals surface area contributed by atoms with Gasteiger partial charge < -0.3 is 15.8 Å². The third kappa shape index (κ3) is 5.19. The second-order valence-corrected chi connectivity index (χ2v) is 6.94. The van der Waals surface area contributed by atoms with E-state index in [0.717, 1.165) is 10.7 Å². The average molecular weight is 299 g/mol. The summed E-state index contributed by atoms with van der Waals surface area (Å²) in [6.07, 6.45) is 0. The SMILES string of the molecule is Cc1nc(C(C)(C)C)sc1C(C)NCCOCC(N)=O. The lowest BCUT2D eigenvalue weighted by Crippen LogP contribution is -2.25. The van der Waals surface area contributed by atoms with E-state index < -0.39 is 5.91 Å². The second-order valence-electron chi connectivity index (χ2n) is 5.91. The zero-order valence-corrected chi connectivity index (χ0v) is 13.8. The molecular formula is C14H25N3O2S. The number of rotatable bonds is 7. The zero-order chi connectivity index (χ0) is 15.3. The minimum Gasteiger partial charge on any atom is -0.370 e. The number of carbonyl (C=O) groups excluding carboxylic acids is 1. The number of nitrogens with two attached hydrogens (primary N) is 1. The number of thiazole rings is 1. The van der Waals surface area contributed by atoms with E-state index in [2.05, 4.69) is 38.0 Å². The van der Waals surface area contributed by atoms with Crippen LogP contribution in [0.1, 0.15) is 49.3 Å². The summed E-state index contributed by atoms with van der Waals surface area (Å²) in [5.41, 5.74) is 6.16. The highest BCUT2D eigenvalue weighted by atomic mass is 32.1. The molecule has 0 spiro atoms. The van der Waals surface area contributed by atoms with Gasteiger partial charge in [-0.05, 0) is 13.8 Å².